The van der Waals surface area contributed by atoms with Gasteiger partial charge in [-0.25, -0.2) is 4.98 Å². The fourth-order valence-electron chi connectivity index (χ4n) is 1.55. The van der Waals surface area contributed by atoms with E-state index in [-0.39, 0.29) is 12.1 Å². The van der Waals surface area contributed by atoms with Crippen molar-refractivity contribution in [3.63, 3.8) is 0 Å². The third-order valence-electron chi connectivity index (χ3n) is 2.15. The molecule has 2 radical (unpaired) electrons. The van der Waals surface area contributed by atoms with E-state index in [0.29, 0.717) is 5.69 Å². The summed E-state index contributed by atoms with van der Waals surface area (Å²) in [6.45, 7) is 1.82. The first-order chi connectivity index (χ1) is 6.74. The molecule has 2 aromatic heterocycles. The van der Waals surface area contributed by atoms with Crippen LogP contribution < -0.4 is 0 Å². The van der Waals surface area contributed by atoms with Crippen LogP contribution in [0.4, 0.5) is 0 Å². The molecule has 0 fully saturated rings. The van der Waals surface area contributed by atoms with Gasteiger partial charge in [0.25, 0.3) is 0 Å². The van der Waals surface area contributed by atoms with Gasteiger partial charge in [0.05, 0.1) is 13.5 Å². The molecule has 0 aliphatic carbocycles. The molecule has 0 N–H and O–H groups in total. The lowest BCUT2D eigenvalue weighted by atomic mass is 9.98. The summed E-state index contributed by atoms with van der Waals surface area (Å²) in [6.07, 6.45) is 1.84. The van der Waals surface area contributed by atoms with Crippen LogP contribution in [0.3, 0.4) is 0 Å². The molecule has 0 amide bonds. The second-order valence-electron chi connectivity index (χ2n) is 3.10. The number of hydrogen-bond donors (Lipinski definition) is 0. The fourth-order valence-corrected chi connectivity index (χ4v) is 1.55. The molecule has 0 bridgehead atoms. The van der Waals surface area contributed by atoms with E-state index in [1.165, 1.54) is 0 Å². The van der Waals surface area contributed by atoms with Gasteiger partial charge < -0.3 is 0 Å². The molecule has 0 spiro atoms. The van der Waals surface area contributed by atoms with Gasteiger partial charge in [0.1, 0.15) is 11.3 Å². The summed E-state index contributed by atoms with van der Waals surface area (Å²) in [7, 11) is 5.33. The average molecular weight is 184 g/mol. The molecule has 2 heterocycles. The summed E-state index contributed by atoms with van der Waals surface area (Å²) in [5, 5.41) is 0. The van der Waals surface area contributed by atoms with Crippen LogP contribution in [0, 0.1) is 6.92 Å². The van der Waals surface area contributed by atoms with Gasteiger partial charge in [0.15, 0.2) is 5.78 Å². The summed E-state index contributed by atoms with van der Waals surface area (Å²) in [4.78, 5) is 15.8. The van der Waals surface area contributed by atoms with E-state index in [1.807, 2.05) is 31.3 Å². The number of hydrogen-bond acceptors (Lipinski definition) is 2. The smallest absolute Gasteiger partial charge is 0.172 e. The molecule has 3 nitrogen and oxygen atoms in total. The molecule has 0 saturated heterocycles. The number of carbonyl (C=O) groups is 1. The van der Waals surface area contributed by atoms with Gasteiger partial charge in [-0.2, -0.15) is 0 Å². The lowest BCUT2D eigenvalue weighted by Crippen LogP contribution is -2.03. The largest absolute Gasteiger partial charge is 0.297 e. The van der Waals surface area contributed by atoms with Gasteiger partial charge in [0, 0.05) is 6.20 Å². The van der Waals surface area contributed by atoms with Gasteiger partial charge in [-0.1, -0.05) is 6.07 Å². The number of rotatable bonds is 2. The molecule has 0 aliphatic rings. The Labute approximate surface area is 83.2 Å². The van der Waals surface area contributed by atoms with Crippen molar-refractivity contribution in [3.8, 4) is 0 Å². The zero-order valence-electron chi connectivity index (χ0n) is 7.90. The number of nitrogens with zero attached hydrogens (tertiary/aromatic N) is 2. The zero-order valence-corrected chi connectivity index (χ0v) is 7.90. The highest BCUT2D eigenvalue weighted by Crippen LogP contribution is 2.13. The average Bonchev–Trinajstić information content (AvgIpc) is 2.53. The molecule has 14 heavy (non-hydrogen) atoms. The first-order valence-electron chi connectivity index (χ1n) is 4.41. The minimum Gasteiger partial charge on any atom is -0.297 e. The van der Waals surface area contributed by atoms with Gasteiger partial charge >= 0.3 is 0 Å². The van der Waals surface area contributed by atoms with Crippen LogP contribution in [-0.2, 0) is 0 Å². The normalized spacial score (nSPS) is 10.6. The van der Waals surface area contributed by atoms with Gasteiger partial charge in [-0.3, -0.25) is 9.20 Å². The highest BCUT2D eigenvalue weighted by atomic mass is 16.1. The van der Waals surface area contributed by atoms with Crippen LogP contribution in [0.5, 0.6) is 0 Å². The van der Waals surface area contributed by atoms with Crippen molar-refractivity contribution in [1.82, 2.24) is 9.38 Å². The monoisotopic (exact) mass is 184 g/mol. The second-order valence-corrected chi connectivity index (χ2v) is 3.10. The van der Waals surface area contributed by atoms with Crippen LogP contribution >= 0.6 is 0 Å². The molecule has 4 heteroatoms. The number of aryl methyl sites for hydroxylation is 1. The number of ketones is 1. The van der Waals surface area contributed by atoms with Gasteiger partial charge in [-0.05, 0) is 25.4 Å². The number of imidazole rings is 1. The second kappa shape index (κ2) is 3.29. The Bertz CT molecular complexity index is 490. The molecule has 68 valence electrons. The van der Waals surface area contributed by atoms with E-state index in [1.54, 1.807) is 4.40 Å². The van der Waals surface area contributed by atoms with Crippen molar-refractivity contribution in [1.29, 1.82) is 0 Å². The van der Waals surface area contributed by atoms with Crippen molar-refractivity contribution >= 4 is 19.3 Å². The van der Waals surface area contributed by atoms with Crippen LogP contribution in [0.25, 0.3) is 5.65 Å². The Kier molecular flexibility index (Phi) is 2.12. The van der Waals surface area contributed by atoms with Crippen molar-refractivity contribution in [2.24, 2.45) is 0 Å². The summed E-state index contributed by atoms with van der Waals surface area (Å²) in [6, 6.07) is 5.61. The lowest BCUT2D eigenvalue weighted by molar-refractivity contribution is 0.101. The number of fused-ring (bicyclic) bond motifs is 1. The van der Waals surface area contributed by atoms with E-state index < -0.39 is 0 Å². The van der Waals surface area contributed by atoms with Crippen molar-refractivity contribution in [2.45, 2.75) is 13.2 Å². The number of pyridine rings is 1. The van der Waals surface area contributed by atoms with E-state index in [9.17, 15) is 4.79 Å². The first kappa shape index (κ1) is 9.00. The predicted octanol–water partition coefficient (Wildman–Crippen LogP) is 1.41. The molecular weight excluding hydrogens is 175 g/mol. The van der Waals surface area contributed by atoms with Crippen molar-refractivity contribution < 1.29 is 4.79 Å². The number of aromatic nitrogens is 2. The Hall–Kier alpha value is -1.58. The predicted molar refractivity (Wildman–Crippen MR) is 54.8 cm³/mol. The summed E-state index contributed by atoms with van der Waals surface area (Å²) in [5.74, 6) is -0.0822. The van der Waals surface area contributed by atoms with Crippen molar-refractivity contribution in [3.05, 3.63) is 35.8 Å². The van der Waals surface area contributed by atoms with E-state index in [0.717, 1.165) is 11.3 Å². The fraction of sp³-hybridized carbons (Fsp3) is 0.200. The molecule has 0 aliphatic heterocycles. The highest BCUT2D eigenvalue weighted by molar-refractivity contribution is 6.23. The van der Waals surface area contributed by atoms with Crippen LogP contribution in [0.2, 0.25) is 6.32 Å². The van der Waals surface area contributed by atoms with E-state index in [2.05, 4.69) is 4.98 Å². The van der Waals surface area contributed by atoms with E-state index in [4.69, 9.17) is 7.85 Å². The van der Waals surface area contributed by atoms with Gasteiger partial charge in [-0.15, -0.1) is 0 Å². The topological polar surface area (TPSA) is 34.4 Å². The maximum atomic E-state index is 11.5. The van der Waals surface area contributed by atoms with Crippen LogP contribution in [-0.4, -0.2) is 23.0 Å². The SMILES string of the molecule is [B]CC(=O)c1c(C)nc2ccccn12. The maximum Gasteiger partial charge on any atom is 0.172 e. The summed E-state index contributed by atoms with van der Waals surface area (Å²) >= 11 is 0. The molecule has 0 saturated carbocycles. The Morgan fingerprint density at radius 2 is 2.36 bits per heavy atom. The zero-order chi connectivity index (χ0) is 10.1. The lowest BCUT2D eigenvalue weighted by Gasteiger charge is -1.98. The van der Waals surface area contributed by atoms with Crippen molar-refractivity contribution in [2.75, 3.05) is 0 Å². The summed E-state index contributed by atoms with van der Waals surface area (Å²) < 4.78 is 1.77. The number of Topliss-reactive ketones (excluding diaryl/α,β-unsaturated/α-hetero) is 1. The molecule has 0 unspecified atom stereocenters. The highest BCUT2D eigenvalue weighted by Gasteiger charge is 2.13. The quantitative estimate of drug-likeness (QED) is 0.522. The maximum absolute atomic E-state index is 11.5. The Morgan fingerprint density at radius 1 is 1.57 bits per heavy atom. The minimum atomic E-state index is -0.0822. The van der Waals surface area contributed by atoms with Crippen LogP contribution in [0.15, 0.2) is 24.4 Å². The van der Waals surface area contributed by atoms with Gasteiger partial charge in [0.2, 0.25) is 0 Å². The Morgan fingerprint density at radius 3 is 3.07 bits per heavy atom. The summed E-state index contributed by atoms with van der Waals surface area (Å²) in [5.41, 5.74) is 2.09. The third kappa shape index (κ3) is 1.23. The minimum absolute atomic E-state index is 0.0174. The first-order valence-corrected chi connectivity index (χ1v) is 4.41. The van der Waals surface area contributed by atoms with E-state index >= 15 is 0 Å². The third-order valence-corrected chi connectivity index (χ3v) is 2.15. The molecule has 0 atom stereocenters. The Balaban J connectivity index is 2.74. The number of carbonyl (C=O) groups excluding carboxylic acids is 1. The standard InChI is InChI=1S/C10H9BN2O/c1-7-10(8(14)6-11)13-5-3-2-4-9(13)12-7/h2-5H,6H2,1H3. The molecular formula is C10H9BN2O. The van der Waals surface area contributed by atoms with Crippen LogP contribution in [0.1, 0.15) is 16.2 Å². The molecule has 2 aromatic rings. The molecule has 2 rings (SSSR count). The molecule has 0 aromatic carbocycles.